The van der Waals surface area contributed by atoms with E-state index in [1.54, 1.807) is 18.2 Å². The monoisotopic (exact) mass is 377 g/mol. The Hall–Kier alpha value is -4.21. The van der Waals surface area contributed by atoms with Crippen molar-refractivity contribution in [1.29, 1.82) is 0 Å². The zero-order chi connectivity index (χ0) is 19.7. The van der Waals surface area contributed by atoms with Gasteiger partial charge in [0.1, 0.15) is 5.75 Å². The van der Waals surface area contributed by atoms with Gasteiger partial charge in [-0.15, -0.1) is 0 Å². The summed E-state index contributed by atoms with van der Waals surface area (Å²) in [6.07, 6.45) is 0. The fourth-order valence-electron chi connectivity index (χ4n) is 2.62. The summed E-state index contributed by atoms with van der Waals surface area (Å²) in [6.45, 7) is 1.87. The molecule has 4 N–H and O–H groups in total. The van der Waals surface area contributed by atoms with E-state index in [-0.39, 0.29) is 11.4 Å². The Morgan fingerprint density at radius 2 is 1.71 bits per heavy atom. The average Bonchev–Trinajstić information content (AvgIpc) is 3.08. The number of phenolic OH excluding ortho intramolecular Hbond substituents is 1. The van der Waals surface area contributed by atoms with E-state index in [1.807, 2.05) is 13.0 Å². The number of aromatic nitrogens is 4. The van der Waals surface area contributed by atoms with Crippen molar-refractivity contribution in [1.82, 2.24) is 20.2 Å². The van der Waals surface area contributed by atoms with Crippen LogP contribution in [-0.4, -0.2) is 30.2 Å². The molecule has 140 valence electrons. The molecule has 28 heavy (non-hydrogen) atoms. The number of nitrogens with one attached hydrogen (secondary N) is 3. The van der Waals surface area contributed by atoms with Crippen molar-refractivity contribution in [3.63, 3.8) is 0 Å². The van der Waals surface area contributed by atoms with Crippen molar-refractivity contribution < 1.29 is 10.0 Å². The number of hydrogen-bond acceptors (Lipinski definition) is 8. The molecule has 4 aromatic rings. The second-order valence-electron chi connectivity index (χ2n) is 6.08. The number of hydrogen-bond donors (Lipinski definition) is 4. The highest BCUT2D eigenvalue weighted by atomic mass is 16.6. The normalized spacial score (nSPS) is 10.8. The Labute approximate surface area is 158 Å². The number of benzene rings is 2. The lowest BCUT2D eigenvalue weighted by atomic mass is 10.2. The van der Waals surface area contributed by atoms with Crippen molar-refractivity contribution in [3.05, 3.63) is 64.3 Å². The Morgan fingerprint density at radius 1 is 1.00 bits per heavy atom. The molecule has 0 aliphatic rings. The number of aryl methyl sites for hydroxylation is 1. The van der Waals surface area contributed by atoms with Gasteiger partial charge in [-0.05, 0) is 37.3 Å². The zero-order valence-electron chi connectivity index (χ0n) is 14.7. The van der Waals surface area contributed by atoms with E-state index in [4.69, 9.17) is 0 Å². The Balaban J connectivity index is 1.79. The van der Waals surface area contributed by atoms with Crippen molar-refractivity contribution >= 4 is 39.9 Å². The molecular formula is C18H15N7O3. The number of H-pyrrole nitrogens is 1. The van der Waals surface area contributed by atoms with Crippen LogP contribution < -0.4 is 10.6 Å². The van der Waals surface area contributed by atoms with Crippen LogP contribution in [0.1, 0.15) is 5.69 Å². The molecule has 0 unspecified atom stereocenters. The summed E-state index contributed by atoms with van der Waals surface area (Å²) in [4.78, 5) is 19.6. The first-order valence-electron chi connectivity index (χ1n) is 8.29. The van der Waals surface area contributed by atoms with Crippen LogP contribution in [0.15, 0.2) is 48.5 Å². The van der Waals surface area contributed by atoms with Gasteiger partial charge in [0.25, 0.3) is 5.69 Å². The maximum Gasteiger partial charge on any atom is 0.271 e. The van der Waals surface area contributed by atoms with Crippen LogP contribution in [0.25, 0.3) is 11.0 Å². The fraction of sp³-hybridized carbons (Fsp3) is 0.0556. The summed E-state index contributed by atoms with van der Waals surface area (Å²) in [7, 11) is 0. The second-order valence-corrected chi connectivity index (χ2v) is 6.08. The molecule has 0 aliphatic carbocycles. The number of aromatic amines is 1. The predicted molar refractivity (Wildman–Crippen MR) is 104 cm³/mol. The standard InChI is InChI=1S/C18H15N7O3/c1-10-8-16(24-23-10)22-18-17(19-11-2-5-13(26)6-3-11)21-15-9-12(25(27)28)4-7-14(15)20-18/h2-9,26H,1H3,(H,19,21)(H2,20,22,23,24). The molecular weight excluding hydrogens is 362 g/mol. The molecule has 0 bridgehead atoms. The van der Waals surface area contributed by atoms with E-state index in [9.17, 15) is 15.2 Å². The van der Waals surface area contributed by atoms with Crippen LogP contribution >= 0.6 is 0 Å². The molecule has 10 heteroatoms. The first-order valence-corrected chi connectivity index (χ1v) is 8.29. The van der Waals surface area contributed by atoms with E-state index in [2.05, 4.69) is 30.8 Å². The summed E-state index contributed by atoms with van der Waals surface area (Å²) >= 11 is 0. The van der Waals surface area contributed by atoms with E-state index in [0.29, 0.717) is 34.2 Å². The summed E-state index contributed by atoms with van der Waals surface area (Å²) in [6, 6.07) is 12.5. The Bertz CT molecular complexity index is 1170. The number of anilines is 4. The highest BCUT2D eigenvalue weighted by Gasteiger charge is 2.14. The summed E-state index contributed by atoms with van der Waals surface area (Å²) < 4.78 is 0. The van der Waals surface area contributed by atoms with Gasteiger partial charge in [0.2, 0.25) is 0 Å². The molecule has 0 saturated carbocycles. The van der Waals surface area contributed by atoms with Crippen molar-refractivity contribution in [2.24, 2.45) is 0 Å². The van der Waals surface area contributed by atoms with Crippen molar-refractivity contribution in [2.75, 3.05) is 10.6 Å². The highest BCUT2D eigenvalue weighted by molar-refractivity contribution is 5.84. The van der Waals surface area contributed by atoms with E-state index >= 15 is 0 Å². The minimum Gasteiger partial charge on any atom is -0.508 e. The largest absolute Gasteiger partial charge is 0.508 e. The molecule has 0 amide bonds. The van der Waals surface area contributed by atoms with Gasteiger partial charge in [0.05, 0.1) is 16.0 Å². The smallest absolute Gasteiger partial charge is 0.271 e. The molecule has 0 aliphatic heterocycles. The first kappa shape index (κ1) is 17.2. The molecule has 2 aromatic carbocycles. The molecule has 2 heterocycles. The molecule has 0 spiro atoms. The summed E-state index contributed by atoms with van der Waals surface area (Å²) in [5.74, 6) is 1.46. The molecule has 4 rings (SSSR count). The number of nitro benzene ring substituents is 1. The number of nitro groups is 1. The lowest BCUT2D eigenvalue weighted by Crippen LogP contribution is -2.04. The Kier molecular flexibility index (Phi) is 4.20. The third-order valence-corrected chi connectivity index (χ3v) is 3.94. The third kappa shape index (κ3) is 3.51. The van der Waals surface area contributed by atoms with Gasteiger partial charge < -0.3 is 15.7 Å². The fourth-order valence-corrected chi connectivity index (χ4v) is 2.62. The summed E-state index contributed by atoms with van der Waals surface area (Å²) in [5, 5.41) is 33.7. The average molecular weight is 377 g/mol. The number of rotatable bonds is 5. The van der Waals surface area contributed by atoms with Gasteiger partial charge >= 0.3 is 0 Å². The molecule has 2 aromatic heterocycles. The topological polar surface area (TPSA) is 142 Å². The van der Waals surface area contributed by atoms with E-state index in [1.165, 1.54) is 24.3 Å². The van der Waals surface area contributed by atoms with Crippen LogP contribution in [0.4, 0.5) is 28.8 Å². The first-order chi connectivity index (χ1) is 13.5. The van der Waals surface area contributed by atoms with Crippen LogP contribution in [0.2, 0.25) is 0 Å². The number of aromatic hydroxyl groups is 1. The van der Waals surface area contributed by atoms with Gasteiger partial charge in [-0.25, -0.2) is 9.97 Å². The lowest BCUT2D eigenvalue weighted by Gasteiger charge is -2.12. The number of fused-ring (bicyclic) bond motifs is 1. The maximum absolute atomic E-state index is 11.1. The van der Waals surface area contributed by atoms with Gasteiger partial charge in [-0.3, -0.25) is 15.2 Å². The van der Waals surface area contributed by atoms with Crippen molar-refractivity contribution in [2.45, 2.75) is 6.92 Å². The number of non-ortho nitro benzene ring substituents is 1. The summed E-state index contributed by atoms with van der Waals surface area (Å²) in [5.41, 5.74) is 2.34. The zero-order valence-corrected chi connectivity index (χ0v) is 14.7. The number of nitrogens with zero attached hydrogens (tertiary/aromatic N) is 4. The van der Waals surface area contributed by atoms with Crippen molar-refractivity contribution in [3.8, 4) is 5.75 Å². The molecule has 0 radical (unpaired) electrons. The van der Waals surface area contributed by atoms with Gasteiger partial charge in [-0.2, -0.15) is 5.10 Å². The highest BCUT2D eigenvalue weighted by Crippen LogP contribution is 2.29. The second kappa shape index (κ2) is 6.83. The van der Waals surface area contributed by atoms with E-state index in [0.717, 1.165) is 5.69 Å². The molecule has 10 nitrogen and oxygen atoms in total. The number of phenols is 1. The third-order valence-electron chi connectivity index (χ3n) is 3.94. The van der Waals surface area contributed by atoms with Gasteiger partial charge in [-0.1, -0.05) is 0 Å². The Morgan fingerprint density at radius 3 is 2.39 bits per heavy atom. The molecule has 0 saturated heterocycles. The predicted octanol–water partition coefficient (Wildman–Crippen LogP) is 3.76. The van der Waals surface area contributed by atoms with E-state index < -0.39 is 4.92 Å². The maximum atomic E-state index is 11.1. The van der Waals surface area contributed by atoms with Crippen LogP contribution in [0.5, 0.6) is 5.75 Å². The minimum absolute atomic E-state index is 0.0685. The van der Waals surface area contributed by atoms with Crippen LogP contribution in [-0.2, 0) is 0 Å². The van der Waals surface area contributed by atoms with Crippen LogP contribution in [0, 0.1) is 17.0 Å². The lowest BCUT2D eigenvalue weighted by molar-refractivity contribution is -0.384. The van der Waals surface area contributed by atoms with Gasteiger partial charge in [0.15, 0.2) is 17.5 Å². The minimum atomic E-state index is -0.479. The quantitative estimate of drug-likeness (QED) is 0.234. The van der Waals surface area contributed by atoms with Gasteiger partial charge in [0, 0.05) is 29.6 Å². The molecule has 0 fully saturated rings. The van der Waals surface area contributed by atoms with Crippen LogP contribution in [0.3, 0.4) is 0 Å². The molecule has 0 atom stereocenters. The SMILES string of the molecule is Cc1cc(Nc2nc3ccc([N+](=O)[O-])cc3nc2Nc2ccc(O)cc2)n[nH]1.